The van der Waals surface area contributed by atoms with Crippen LogP contribution in [0.5, 0.6) is 11.5 Å². The first-order valence-electron chi connectivity index (χ1n) is 12.2. The first kappa shape index (κ1) is 25.8. The van der Waals surface area contributed by atoms with Gasteiger partial charge in [-0.05, 0) is 66.6 Å². The van der Waals surface area contributed by atoms with Gasteiger partial charge in [-0.3, -0.25) is 19.3 Å². The number of hydrogen-bond acceptors (Lipinski definition) is 5. The van der Waals surface area contributed by atoms with Gasteiger partial charge >= 0.3 is 0 Å². The highest BCUT2D eigenvalue weighted by molar-refractivity contribution is 6.48. The minimum Gasteiger partial charge on any atom is -0.457 e. The molecule has 0 bridgehead atoms. The number of nitrogens with one attached hydrogen (secondary N) is 2. The molecule has 7 nitrogen and oxygen atoms in total. The number of halogens is 1. The molecular weight excluding hydrogens is 514 g/mol. The Morgan fingerprint density at radius 3 is 2.15 bits per heavy atom. The van der Waals surface area contributed by atoms with Crippen LogP contribution in [-0.4, -0.2) is 22.6 Å². The predicted molar refractivity (Wildman–Crippen MR) is 151 cm³/mol. The van der Waals surface area contributed by atoms with Crippen molar-refractivity contribution in [3.63, 3.8) is 0 Å². The summed E-state index contributed by atoms with van der Waals surface area (Å²) in [5.74, 6) is -0.0763. The molecule has 0 spiro atoms. The van der Waals surface area contributed by atoms with E-state index in [0.717, 1.165) is 21.8 Å². The molecule has 0 aliphatic carbocycles. The minimum atomic E-state index is -0.570. The van der Waals surface area contributed by atoms with Crippen molar-refractivity contribution in [3.05, 3.63) is 131 Å². The van der Waals surface area contributed by atoms with Gasteiger partial charge in [-0.2, -0.15) is 0 Å². The quantitative estimate of drug-likeness (QED) is 0.251. The van der Waals surface area contributed by atoms with Crippen LogP contribution in [0.3, 0.4) is 0 Å². The van der Waals surface area contributed by atoms with Crippen molar-refractivity contribution in [3.8, 4) is 11.5 Å². The van der Waals surface area contributed by atoms with Crippen LogP contribution >= 0.6 is 11.6 Å². The fourth-order valence-electron chi connectivity index (χ4n) is 4.03. The van der Waals surface area contributed by atoms with Gasteiger partial charge in [-0.25, -0.2) is 0 Å². The van der Waals surface area contributed by atoms with E-state index < -0.39 is 11.8 Å². The highest BCUT2D eigenvalue weighted by Crippen LogP contribution is 2.29. The number of benzene rings is 4. The number of imide groups is 1. The number of rotatable bonds is 8. The number of para-hydroxylation sites is 1. The lowest BCUT2D eigenvalue weighted by Gasteiger charge is -2.16. The Labute approximate surface area is 230 Å². The third-order valence-electron chi connectivity index (χ3n) is 6.15. The van der Waals surface area contributed by atoms with E-state index in [9.17, 15) is 14.4 Å². The van der Waals surface area contributed by atoms with E-state index in [1.54, 1.807) is 42.5 Å². The highest BCUT2D eigenvalue weighted by atomic mass is 35.5. The van der Waals surface area contributed by atoms with Crippen molar-refractivity contribution in [2.45, 2.75) is 13.5 Å². The van der Waals surface area contributed by atoms with Gasteiger partial charge in [0, 0.05) is 16.9 Å². The molecule has 1 aliphatic rings. The van der Waals surface area contributed by atoms with Crippen LogP contribution in [0.2, 0.25) is 0 Å². The second-order valence-corrected chi connectivity index (χ2v) is 9.30. The van der Waals surface area contributed by atoms with Gasteiger partial charge in [-0.15, -0.1) is 0 Å². The minimum absolute atomic E-state index is 0.0211. The molecule has 1 heterocycles. The maximum absolute atomic E-state index is 13.1. The van der Waals surface area contributed by atoms with E-state index in [1.165, 1.54) is 0 Å². The normalized spacial score (nSPS) is 13.0. The van der Waals surface area contributed by atoms with Crippen molar-refractivity contribution in [1.82, 2.24) is 4.90 Å². The zero-order valence-electron chi connectivity index (χ0n) is 21.0. The lowest BCUT2D eigenvalue weighted by molar-refractivity contribution is -0.138. The average molecular weight is 538 g/mol. The summed E-state index contributed by atoms with van der Waals surface area (Å²) in [7, 11) is 0. The molecule has 8 heteroatoms. The zero-order chi connectivity index (χ0) is 27.4. The van der Waals surface area contributed by atoms with Gasteiger partial charge in [-0.1, -0.05) is 66.2 Å². The molecule has 194 valence electrons. The number of nitrogens with zero attached hydrogens (tertiary/aromatic N) is 1. The molecular formula is C31H24ClN3O4. The molecule has 3 amide bonds. The Kier molecular flexibility index (Phi) is 7.43. The molecule has 39 heavy (non-hydrogen) atoms. The standard InChI is InChI=1S/C31H24ClN3O4/c1-20-12-13-22(29(36)33-23-14-16-25(17-15-23)39-24-10-6-3-7-11-24)18-26(20)34-28-27(32)30(37)35(31(28)38)19-21-8-4-2-5-9-21/h2-18,34H,19H2,1H3,(H,33,36). The molecule has 0 saturated heterocycles. The van der Waals surface area contributed by atoms with Gasteiger partial charge in [0.15, 0.2) is 0 Å². The molecule has 0 saturated carbocycles. The van der Waals surface area contributed by atoms with Gasteiger partial charge < -0.3 is 15.4 Å². The second kappa shape index (κ2) is 11.2. The van der Waals surface area contributed by atoms with Crippen molar-refractivity contribution >= 4 is 40.7 Å². The molecule has 4 aromatic rings. The summed E-state index contributed by atoms with van der Waals surface area (Å²) >= 11 is 6.28. The fourth-order valence-corrected chi connectivity index (χ4v) is 4.26. The summed E-state index contributed by atoms with van der Waals surface area (Å²) in [6.45, 7) is 1.93. The number of anilines is 2. The molecule has 0 radical (unpaired) electrons. The topological polar surface area (TPSA) is 87.7 Å². The van der Waals surface area contributed by atoms with Gasteiger partial charge in [0.2, 0.25) is 0 Å². The summed E-state index contributed by atoms with van der Waals surface area (Å²) in [6, 6.07) is 30.7. The Hall–Kier alpha value is -4.88. The number of aryl methyl sites for hydroxylation is 1. The van der Waals surface area contributed by atoms with E-state index in [2.05, 4.69) is 10.6 Å². The maximum atomic E-state index is 13.1. The van der Waals surface area contributed by atoms with Crippen molar-refractivity contribution < 1.29 is 19.1 Å². The van der Waals surface area contributed by atoms with Gasteiger partial charge in [0.25, 0.3) is 17.7 Å². The largest absolute Gasteiger partial charge is 0.457 e. The second-order valence-electron chi connectivity index (χ2n) is 8.92. The highest BCUT2D eigenvalue weighted by Gasteiger charge is 2.38. The third kappa shape index (κ3) is 5.84. The van der Waals surface area contributed by atoms with Crippen molar-refractivity contribution in [1.29, 1.82) is 0 Å². The molecule has 0 atom stereocenters. The molecule has 0 fully saturated rings. The fraction of sp³-hybridized carbons (Fsp3) is 0.0645. The Morgan fingerprint density at radius 2 is 1.46 bits per heavy atom. The number of carbonyl (C=O) groups excluding carboxylic acids is 3. The molecule has 2 N–H and O–H groups in total. The molecule has 1 aliphatic heterocycles. The number of hydrogen-bond donors (Lipinski definition) is 2. The lowest BCUT2D eigenvalue weighted by atomic mass is 10.1. The summed E-state index contributed by atoms with van der Waals surface area (Å²) in [6.07, 6.45) is 0. The van der Waals surface area contributed by atoms with Crippen molar-refractivity contribution in [2.75, 3.05) is 10.6 Å². The van der Waals surface area contributed by atoms with Crippen LogP contribution in [0.15, 0.2) is 114 Å². The monoisotopic (exact) mass is 537 g/mol. The first-order chi connectivity index (χ1) is 18.9. The number of carbonyl (C=O) groups is 3. The van der Waals surface area contributed by atoms with E-state index in [4.69, 9.17) is 16.3 Å². The maximum Gasteiger partial charge on any atom is 0.279 e. The van der Waals surface area contributed by atoms with Crippen LogP contribution < -0.4 is 15.4 Å². The van der Waals surface area contributed by atoms with Crippen LogP contribution in [0.1, 0.15) is 21.5 Å². The predicted octanol–water partition coefficient (Wildman–Crippen LogP) is 6.47. The summed E-state index contributed by atoms with van der Waals surface area (Å²) in [4.78, 5) is 39.9. The van der Waals surface area contributed by atoms with E-state index in [-0.39, 0.29) is 23.2 Å². The van der Waals surface area contributed by atoms with Crippen LogP contribution in [0, 0.1) is 6.92 Å². The first-order valence-corrected chi connectivity index (χ1v) is 12.6. The third-order valence-corrected chi connectivity index (χ3v) is 6.50. The number of ether oxygens (including phenoxy) is 1. The van der Waals surface area contributed by atoms with Crippen LogP contribution in [0.25, 0.3) is 0 Å². The Morgan fingerprint density at radius 1 is 0.821 bits per heavy atom. The van der Waals surface area contributed by atoms with Crippen LogP contribution in [-0.2, 0) is 16.1 Å². The molecule has 0 unspecified atom stereocenters. The Balaban J connectivity index is 1.27. The van der Waals surface area contributed by atoms with Crippen molar-refractivity contribution in [2.24, 2.45) is 0 Å². The SMILES string of the molecule is Cc1ccc(C(=O)Nc2ccc(Oc3ccccc3)cc2)cc1NC1=C(Cl)C(=O)N(Cc2ccccc2)C1=O. The van der Waals surface area contributed by atoms with Gasteiger partial charge in [0.1, 0.15) is 22.2 Å². The molecule has 0 aromatic heterocycles. The summed E-state index contributed by atoms with van der Waals surface area (Å²) < 4.78 is 5.79. The lowest BCUT2D eigenvalue weighted by Crippen LogP contribution is -2.31. The summed E-state index contributed by atoms with van der Waals surface area (Å²) in [5.41, 5.74) is 3.00. The van der Waals surface area contributed by atoms with E-state index in [1.807, 2.05) is 67.6 Å². The summed E-state index contributed by atoms with van der Waals surface area (Å²) in [5, 5.41) is 5.65. The average Bonchev–Trinajstić information content (AvgIpc) is 3.15. The smallest absolute Gasteiger partial charge is 0.279 e. The molecule has 5 rings (SSSR count). The number of amides is 3. The zero-order valence-corrected chi connectivity index (χ0v) is 21.7. The molecule has 4 aromatic carbocycles. The van der Waals surface area contributed by atoms with E-state index in [0.29, 0.717) is 22.7 Å². The van der Waals surface area contributed by atoms with Crippen LogP contribution in [0.4, 0.5) is 11.4 Å². The van der Waals surface area contributed by atoms with E-state index >= 15 is 0 Å². The Bertz CT molecular complexity index is 1570. The van der Waals surface area contributed by atoms with Gasteiger partial charge in [0.05, 0.1) is 6.54 Å².